The molecule has 7 nitrogen and oxygen atoms in total. The number of aliphatic hydroxyl groups excluding tert-OH is 1. The van der Waals surface area contributed by atoms with Crippen molar-refractivity contribution in [3.8, 4) is 5.75 Å². The van der Waals surface area contributed by atoms with E-state index in [1.54, 1.807) is 12.1 Å². The van der Waals surface area contributed by atoms with Crippen molar-refractivity contribution in [3.63, 3.8) is 0 Å². The molecule has 0 radical (unpaired) electrons. The fourth-order valence-electron chi connectivity index (χ4n) is 6.23. The summed E-state index contributed by atoms with van der Waals surface area (Å²) in [6.07, 6.45) is 2.90. The molecule has 1 aromatic heterocycles. The molecule has 0 amide bonds. The Hall–Kier alpha value is -3.05. The SMILES string of the molecule is O[C@@H](COc1ccc(C23CC(C(F)(F)[C@@](O)(Cn4cnnn4)c4ccc(F)cc4F)(C2)C3)cc1)C1CC1. The zero-order valence-corrected chi connectivity index (χ0v) is 19.8. The standard InChI is InChI=1S/C26H26F4N4O3/c27-18-5-8-20(21(28)9-18)25(36,14-34-15-31-32-33-34)26(29,30)24-11-23(12-24,13-24)17-3-6-19(7-4-17)37-10-22(35)16-1-2-16/h3-9,15-16,22,35-36H,1-2,10-14H2/t22-,23?,24?,25+/m0/s1. The second-order valence-electron chi connectivity index (χ2n) is 10.9. The number of hydrogen-bond acceptors (Lipinski definition) is 6. The number of aromatic nitrogens is 4. The highest BCUT2D eigenvalue weighted by atomic mass is 19.3. The van der Waals surface area contributed by atoms with E-state index in [2.05, 4.69) is 15.5 Å². The molecule has 11 heteroatoms. The van der Waals surface area contributed by atoms with E-state index in [0.717, 1.165) is 41.5 Å². The Kier molecular flexibility index (Phi) is 5.40. The minimum Gasteiger partial charge on any atom is -0.491 e. The number of rotatable bonds is 10. The number of nitrogens with zero attached hydrogens (tertiary/aromatic N) is 4. The monoisotopic (exact) mass is 518 g/mol. The first-order valence-corrected chi connectivity index (χ1v) is 12.3. The van der Waals surface area contributed by atoms with Crippen LogP contribution in [0.2, 0.25) is 0 Å². The molecule has 7 rings (SSSR count). The van der Waals surface area contributed by atoms with Crippen LogP contribution in [0.5, 0.6) is 5.75 Å². The predicted molar refractivity (Wildman–Crippen MR) is 122 cm³/mol. The highest BCUT2D eigenvalue weighted by Crippen LogP contribution is 2.80. The summed E-state index contributed by atoms with van der Waals surface area (Å²) >= 11 is 0. The fraction of sp³-hybridized carbons (Fsp3) is 0.500. The highest BCUT2D eigenvalue weighted by molar-refractivity contribution is 5.44. The average molecular weight is 519 g/mol. The van der Waals surface area contributed by atoms with Crippen molar-refractivity contribution in [1.29, 1.82) is 0 Å². The summed E-state index contributed by atoms with van der Waals surface area (Å²) in [6.45, 7) is -0.590. The minimum atomic E-state index is -3.77. The zero-order chi connectivity index (χ0) is 26.1. The molecule has 0 unspecified atom stereocenters. The van der Waals surface area contributed by atoms with Crippen molar-refractivity contribution in [3.05, 3.63) is 71.6 Å². The van der Waals surface area contributed by atoms with Gasteiger partial charge in [0.25, 0.3) is 5.92 Å². The lowest BCUT2D eigenvalue weighted by molar-refractivity contribution is -0.347. The van der Waals surface area contributed by atoms with Crippen LogP contribution in [-0.2, 0) is 17.6 Å². The molecule has 0 spiro atoms. The number of halogens is 4. The van der Waals surface area contributed by atoms with Gasteiger partial charge in [0.2, 0.25) is 0 Å². The number of hydrogen-bond donors (Lipinski definition) is 2. The normalized spacial score (nSPS) is 27.1. The Balaban J connectivity index is 1.21. The van der Waals surface area contributed by atoms with Gasteiger partial charge in [-0.2, -0.15) is 0 Å². The van der Waals surface area contributed by atoms with Crippen molar-refractivity contribution in [2.45, 2.75) is 61.7 Å². The summed E-state index contributed by atoms with van der Waals surface area (Å²) in [5.41, 5.74) is -4.85. The molecule has 0 saturated heterocycles. The van der Waals surface area contributed by atoms with Gasteiger partial charge >= 0.3 is 0 Å². The Bertz CT molecular complexity index is 1280. The summed E-state index contributed by atoms with van der Waals surface area (Å²) in [5.74, 6) is -5.07. The van der Waals surface area contributed by atoms with Gasteiger partial charge in [-0.3, -0.25) is 0 Å². The first kappa shape index (κ1) is 24.3. The van der Waals surface area contributed by atoms with E-state index in [1.807, 2.05) is 12.1 Å². The largest absolute Gasteiger partial charge is 0.491 e. The quantitative estimate of drug-likeness (QED) is 0.397. The van der Waals surface area contributed by atoms with E-state index >= 15 is 8.78 Å². The molecule has 2 atom stereocenters. The van der Waals surface area contributed by atoms with Gasteiger partial charge in [-0.25, -0.2) is 22.2 Å². The molecule has 4 saturated carbocycles. The lowest BCUT2D eigenvalue weighted by Gasteiger charge is -2.74. The number of tetrazole rings is 1. The van der Waals surface area contributed by atoms with Gasteiger partial charge in [0, 0.05) is 17.0 Å². The summed E-state index contributed by atoms with van der Waals surface area (Å²) in [7, 11) is 0. The lowest BCUT2D eigenvalue weighted by Crippen LogP contribution is -2.76. The summed E-state index contributed by atoms with van der Waals surface area (Å²) in [6, 6.07) is 9.38. The first-order valence-electron chi connectivity index (χ1n) is 12.3. The van der Waals surface area contributed by atoms with Crippen molar-refractivity contribution in [2.24, 2.45) is 11.3 Å². The van der Waals surface area contributed by atoms with E-state index in [9.17, 15) is 19.0 Å². The Morgan fingerprint density at radius 3 is 2.38 bits per heavy atom. The van der Waals surface area contributed by atoms with Crippen LogP contribution in [0.4, 0.5) is 17.6 Å². The maximum absolute atomic E-state index is 16.3. The third kappa shape index (κ3) is 3.73. The van der Waals surface area contributed by atoms with Gasteiger partial charge in [0.1, 0.15) is 30.3 Å². The summed E-state index contributed by atoms with van der Waals surface area (Å²) in [4.78, 5) is 0. The van der Waals surface area contributed by atoms with Gasteiger partial charge < -0.3 is 14.9 Å². The summed E-state index contributed by atoms with van der Waals surface area (Å²) in [5, 5.41) is 31.8. The average Bonchev–Trinajstić information content (AvgIpc) is 3.53. The van der Waals surface area contributed by atoms with Gasteiger partial charge in [0.05, 0.1) is 12.6 Å². The summed E-state index contributed by atoms with van der Waals surface area (Å²) < 4.78 is 67.4. The van der Waals surface area contributed by atoms with Crippen LogP contribution in [0.1, 0.15) is 43.2 Å². The second-order valence-corrected chi connectivity index (χ2v) is 10.9. The molecular weight excluding hydrogens is 492 g/mol. The molecule has 3 aromatic rings. The van der Waals surface area contributed by atoms with E-state index in [0.29, 0.717) is 17.7 Å². The van der Waals surface area contributed by atoms with E-state index in [4.69, 9.17) is 4.74 Å². The van der Waals surface area contributed by atoms with Crippen molar-refractivity contribution >= 4 is 0 Å². The lowest BCUT2D eigenvalue weighted by atomic mass is 9.30. The van der Waals surface area contributed by atoms with Crippen LogP contribution in [0.15, 0.2) is 48.8 Å². The van der Waals surface area contributed by atoms with Crippen LogP contribution in [-0.4, -0.2) is 49.1 Å². The Labute approximate surface area is 210 Å². The molecular formula is C26H26F4N4O3. The third-order valence-electron chi connectivity index (χ3n) is 8.43. The van der Waals surface area contributed by atoms with Crippen LogP contribution in [0.3, 0.4) is 0 Å². The molecule has 4 fully saturated rings. The minimum absolute atomic E-state index is 0.105. The Morgan fingerprint density at radius 2 is 1.78 bits per heavy atom. The van der Waals surface area contributed by atoms with Gasteiger partial charge in [0.15, 0.2) is 5.60 Å². The molecule has 0 aliphatic heterocycles. The third-order valence-corrected chi connectivity index (χ3v) is 8.43. The smallest absolute Gasteiger partial charge is 0.287 e. The first-order chi connectivity index (χ1) is 17.6. The fourth-order valence-corrected chi connectivity index (χ4v) is 6.23. The predicted octanol–water partition coefficient (Wildman–Crippen LogP) is 3.75. The molecule has 196 valence electrons. The maximum atomic E-state index is 16.3. The molecule has 37 heavy (non-hydrogen) atoms. The van der Waals surface area contributed by atoms with Gasteiger partial charge in [-0.1, -0.05) is 12.1 Å². The number of alkyl halides is 2. The molecule has 2 N–H and O–H groups in total. The van der Waals surface area contributed by atoms with E-state index in [1.165, 1.54) is 0 Å². The van der Waals surface area contributed by atoms with Crippen LogP contribution in [0.25, 0.3) is 0 Å². The number of aliphatic hydroxyl groups is 2. The number of ether oxygens (including phenoxy) is 1. The molecule has 2 bridgehead atoms. The maximum Gasteiger partial charge on any atom is 0.287 e. The van der Waals surface area contributed by atoms with Gasteiger partial charge in [-0.05, 0) is 83.7 Å². The van der Waals surface area contributed by atoms with E-state index in [-0.39, 0.29) is 25.9 Å². The second kappa shape index (κ2) is 8.22. The van der Waals surface area contributed by atoms with Crippen molar-refractivity contribution in [2.75, 3.05) is 6.61 Å². The van der Waals surface area contributed by atoms with Crippen molar-refractivity contribution in [1.82, 2.24) is 20.2 Å². The van der Waals surface area contributed by atoms with Crippen LogP contribution in [0, 0.1) is 23.0 Å². The van der Waals surface area contributed by atoms with Gasteiger partial charge in [-0.15, -0.1) is 5.10 Å². The number of benzene rings is 2. The molecule has 4 aliphatic carbocycles. The topological polar surface area (TPSA) is 93.3 Å². The Morgan fingerprint density at radius 1 is 1.08 bits per heavy atom. The molecule has 1 heterocycles. The van der Waals surface area contributed by atoms with Crippen molar-refractivity contribution < 1.29 is 32.5 Å². The van der Waals surface area contributed by atoms with Crippen LogP contribution >= 0.6 is 0 Å². The zero-order valence-electron chi connectivity index (χ0n) is 19.8. The molecule has 2 aromatic carbocycles. The van der Waals surface area contributed by atoms with Crippen LogP contribution < -0.4 is 4.74 Å². The highest BCUT2D eigenvalue weighted by Gasteiger charge is 2.82. The molecule has 4 aliphatic rings. The van der Waals surface area contributed by atoms with E-state index < -0.39 is 52.2 Å².